The molecule has 1 amide bonds. The van der Waals surface area contributed by atoms with Crippen molar-refractivity contribution in [2.75, 3.05) is 5.32 Å². The summed E-state index contributed by atoms with van der Waals surface area (Å²) in [6, 6.07) is 8.04. The first kappa shape index (κ1) is 19.1. The van der Waals surface area contributed by atoms with E-state index in [1.807, 2.05) is 13.8 Å². The van der Waals surface area contributed by atoms with Crippen molar-refractivity contribution in [1.82, 2.24) is 19.3 Å². The van der Waals surface area contributed by atoms with Crippen LogP contribution in [0.1, 0.15) is 36.2 Å². The molecular formula is C18H17Cl2N5O2. The van der Waals surface area contributed by atoms with E-state index < -0.39 is 5.91 Å². The Morgan fingerprint density at radius 1 is 1.19 bits per heavy atom. The summed E-state index contributed by atoms with van der Waals surface area (Å²) in [4.78, 5) is 28.6. The van der Waals surface area contributed by atoms with Crippen LogP contribution in [0.5, 0.6) is 0 Å². The fraction of sp³-hybridized carbons (Fsp3) is 0.222. The highest BCUT2D eigenvalue weighted by atomic mass is 35.5. The maximum atomic E-state index is 12.6. The van der Waals surface area contributed by atoms with E-state index in [4.69, 9.17) is 23.2 Å². The zero-order valence-corrected chi connectivity index (χ0v) is 16.4. The number of aryl methyl sites for hydroxylation is 1. The second-order valence-corrected chi connectivity index (χ2v) is 7.06. The fourth-order valence-corrected chi connectivity index (χ4v) is 3.02. The van der Waals surface area contributed by atoms with Gasteiger partial charge in [0.25, 0.3) is 11.5 Å². The number of hydrogen-bond acceptors (Lipinski definition) is 4. The molecular weight excluding hydrogens is 389 g/mol. The topological polar surface area (TPSA) is 81.8 Å². The molecule has 0 aliphatic heterocycles. The summed E-state index contributed by atoms with van der Waals surface area (Å²) in [6.45, 7) is 3.85. The van der Waals surface area contributed by atoms with Crippen molar-refractivity contribution in [3.05, 3.63) is 68.6 Å². The molecule has 0 unspecified atom stereocenters. The molecule has 0 spiro atoms. The van der Waals surface area contributed by atoms with E-state index in [0.29, 0.717) is 27.2 Å². The van der Waals surface area contributed by atoms with Crippen LogP contribution in [0.3, 0.4) is 0 Å². The van der Waals surface area contributed by atoms with Crippen molar-refractivity contribution in [3.63, 3.8) is 0 Å². The number of pyridine rings is 1. The van der Waals surface area contributed by atoms with Gasteiger partial charge in [-0.3, -0.25) is 9.59 Å². The van der Waals surface area contributed by atoms with Gasteiger partial charge in [0.05, 0.1) is 10.0 Å². The highest BCUT2D eigenvalue weighted by Gasteiger charge is 2.22. The molecule has 7 nitrogen and oxygen atoms in total. The summed E-state index contributed by atoms with van der Waals surface area (Å²) in [5.74, 6) is -0.0722. The molecule has 1 N–H and O–H groups in total. The third kappa shape index (κ3) is 3.89. The standard InChI is InChI=1S/C18H17Cl2N5O2/c1-10(2)17-22-16(18(27)21-11-7-8-24(3)14(26)9-11)23-25(17)15-12(19)5-4-6-13(15)20/h4-10H,1-3H3,(H,21,27). The normalized spacial score (nSPS) is 11.0. The van der Waals surface area contributed by atoms with E-state index >= 15 is 0 Å². The molecule has 27 heavy (non-hydrogen) atoms. The van der Waals surface area contributed by atoms with Crippen LogP contribution >= 0.6 is 23.2 Å². The summed E-state index contributed by atoms with van der Waals surface area (Å²) in [5.41, 5.74) is 0.586. The van der Waals surface area contributed by atoms with Gasteiger partial charge in [-0.15, -0.1) is 5.10 Å². The molecule has 140 valence electrons. The first-order valence-corrected chi connectivity index (χ1v) is 8.93. The Balaban J connectivity index is 2.01. The lowest BCUT2D eigenvalue weighted by Gasteiger charge is -2.11. The predicted molar refractivity (Wildman–Crippen MR) is 105 cm³/mol. The van der Waals surface area contributed by atoms with Crippen LogP contribution in [0.2, 0.25) is 10.0 Å². The first-order chi connectivity index (χ1) is 12.8. The number of carbonyl (C=O) groups is 1. The van der Waals surface area contributed by atoms with Crippen molar-refractivity contribution in [2.24, 2.45) is 7.05 Å². The van der Waals surface area contributed by atoms with Crippen LogP contribution in [-0.2, 0) is 7.05 Å². The SMILES string of the molecule is CC(C)c1nc(C(=O)Nc2ccn(C)c(=O)c2)nn1-c1c(Cl)cccc1Cl. The number of nitrogens with zero attached hydrogens (tertiary/aromatic N) is 4. The van der Waals surface area contributed by atoms with Crippen LogP contribution in [0.4, 0.5) is 5.69 Å². The number of aromatic nitrogens is 4. The Bertz CT molecular complexity index is 1050. The molecule has 0 radical (unpaired) electrons. The predicted octanol–water partition coefficient (Wildman–Crippen LogP) is 3.65. The van der Waals surface area contributed by atoms with Crippen LogP contribution in [0.25, 0.3) is 5.69 Å². The van der Waals surface area contributed by atoms with Gasteiger partial charge in [0.2, 0.25) is 5.82 Å². The van der Waals surface area contributed by atoms with Crippen molar-refractivity contribution >= 4 is 34.8 Å². The maximum absolute atomic E-state index is 12.6. The molecule has 0 atom stereocenters. The van der Waals surface area contributed by atoms with E-state index in [1.54, 1.807) is 37.5 Å². The lowest BCUT2D eigenvalue weighted by atomic mass is 10.2. The fourth-order valence-electron chi connectivity index (χ4n) is 2.46. The van der Waals surface area contributed by atoms with Crippen molar-refractivity contribution in [3.8, 4) is 5.69 Å². The molecule has 0 bridgehead atoms. The number of amides is 1. The number of rotatable bonds is 4. The summed E-state index contributed by atoms with van der Waals surface area (Å²) in [5, 5.41) is 7.72. The lowest BCUT2D eigenvalue weighted by Crippen LogP contribution is -2.19. The second kappa shape index (κ2) is 7.54. The largest absolute Gasteiger partial charge is 0.319 e. The molecule has 0 aliphatic carbocycles. The minimum atomic E-state index is -0.535. The number of para-hydroxylation sites is 1. The second-order valence-electron chi connectivity index (χ2n) is 6.25. The smallest absolute Gasteiger partial charge is 0.295 e. The number of nitrogens with one attached hydrogen (secondary N) is 1. The van der Waals surface area contributed by atoms with Crippen molar-refractivity contribution < 1.29 is 4.79 Å². The van der Waals surface area contributed by atoms with E-state index in [9.17, 15) is 9.59 Å². The maximum Gasteiger partial charge on any atom is 0.295 e. The Morgan fingerprint density at radius 3 is 2.44 bits per heavy atom. The molecule has 2 heterocycles. The van der Waals surface area contributed by atoms with Gasteiger partial charge in [-0.25, -0.2) is 9.67 Å². The first-order valence-electron chi connectivity index (χ1n) is 8.17. The Kier molecular flexibility index (Phi) is 5.34. The number of hydrogen-bond donors (Lipinski definition) is 1. The van der Waals surface area contributed by atoms with E-state index in [-0.39, 0.29) is 17.3 Å². The number of benzene rings is 1. The average molecular weight is 406 g/mol. The monoisotopic (exact) mass is 405 g/mol. The van der Waals surface area contributed by atoms with E-state index in [1.165, 1.54) is 15.3 Å². The zero-order valence-electron chi connectivity index (χ0n) is 14.9. The van der Waals surface area contributed by atoms with Crippen LogP contribution in [-0.4, -0.2) is 25.2 Å². The third-order valence-electron chi connectivity index (χ3n) is 3.86. The van der Waals surface area contributed by atoms with E-state index in [0.717, 1.165) is 0 Å². The van der Waals surface area contributed by atoms with Gasteiger partial charge in [-0.1, -0.05) is 43.1 Å². The Hall–Kier alpha value is -2.64. The van der Waals surface area contributed by atoms with Gasteiger partial charge < -0.3 is 9.88 Å². The van der Waals surface area contributed by atoms with Crippen molar-refractivity contribution in [1.29, 1.82) is 0 Å². The Labute approximate surface area is 165 Å². The number of halogens is 2. The van der Waals surface area contributed by atoms with Crippen molar-refractivity contribution in [2.45, 2.75) is 19.8 Å². The summed E-state index contributed by atoms with van der Waals surface area (Å²) in [6.07, 6.45) is 1.56. The molecule has 0 fully saturated rings. The minimum Gasteiger partial charge on any atom is -0.319 e. The lowest BCUT2D eigenvalue weighted by molar-refractivity contribution is 0.101. The molecule has 1 aromatic carbocycles. The molecule has 2 aromatic heterocycles. The summed E-state index contributed by atoms with van der Waals surface area (Å²) >= 11 is 12.6. The van der Waals surface area contributed by atoms with Gasteiger partial charge in [0.15, 0.2) is 0 Å². The quantitative estimate of drug-likeness (QED) is 0.717. The molecule has 3 aromatic rings. The summed E-state index contributed by atoms with van der Waals surface area (Å²) in [7, 11) is 1.62. The van der Waals surface area contributed by atoms with Gasteiger partial charge in [0, 0.05) is 30.9 Å². The number of anilines is 1. The van der Waals surface area contributed by atoms with Gasteiger partial charge in [0.1, 0.15) is 11.5 Å². The zero-order chi connectivity index (χ0) is 19.7. The highest BCUT2D eigenvalue weighted by molar-refractivity contribution is 6.37. The number of carbonyl (C=O) groups excluding carboxylic acids is 1. The highest BCUT2D eigenvalue weighted by Crippen LogP contribution is 2.30. The average Bonchev–Trinajstić information content (AvgIpc) is 3.03. The Morgan fingerprint density at radius 2 is 1.85 bits per heavy atom. The van der Waals surface area contributed by atoms with Gasteiger partial charge >= 0.3 is 0 Å². The van der Waals surface area contributed by atoms with Crippen LogP contribution < -0.4 is 10.9 Å². The molecule has 9 heteroatoms. The minimum absolute atomic E-state index is 0.0320. The summed E-state index contributed by atoms with van der Waals surface area (Å²) < 4.78 is 2.88. The van der Waals surface area contributed by atoms with Crippen LogP contribution in [0, 0.1) is 0 Å². The van der Waals surface area contributed by atoms with Crippen LogP contribution in [0.15, 0.2) is 41.3 Å². The van der Waals surface area contributed by atoms with Gasteiger partial charge in [-0.2, -0.15) is 0 Å². The van der Waals surface area contributed by atoms with E-state index in [2.05, 4.69) is 15.4 Å². The molecule has 0 aliphatic rings. The molecule has 3 rings (SSSR count). The molecule has 0 saturated carbocycles. The van der Waals surface area contributed by atoms with Gasteiger partial charge in [-0.05, 0) is 18.2 Å². The molecule has 0 saturated heterocycles. The third-order valence-corrected chi connectivity index (χ3v) is 4.47.